The van der Waals surface area contributed by atoms with Crippen LogP contribution in [0, 0.1) is 5.41 Å². The van der Waals surface area contributed by atoms with Crippen LogP contribution in [0.25, 0.3) is 0 Å². The van der Waals surface area contributed by atoms with Crippen LogP contribution in [0.3, 0.4) is 0 Å². The van der Waals surface area contributed by atoms with Crippen LogP contribution < -0.4 is 5.32 Å². The maximum absolute atomic E-state index is 11.4. The molecule has 2 aliphatic rings. The number of piperidine rings is 1. The standard InChI is InChI=1S/C10H17NO2/c1-2-13-9(12)8-7-10(3-4-10)5-6-11-8/h8,11H,2-7H2,1H3. The number of rotatable bonds is 2. The normalized spacial score (nSPS) is 30.1. The Morgan fingerprint density at radius 3 is 2.92 bits per heavy atom. The highest BCUT2D eigenvalue weighted by Crippen LogP contribution is 2.53. The average molecular weight is 183 g/mol. The van der Waals surface area contributed by atoms with Gasteiger partial charge >= 0.3 is 5.97 Å². The summed E-state index contributed by atoms with van der Waals surface area (Å²) in [6.07, 6.45) is 4.85. The summed E-state index contributed by atoms with van der Waals surface area (Å²) in [5, 5.41) is 3.22. The van der Waals surface area contributed by atoms with E-state index in [-0.39, 0.29) is 12.0 Å². The highest BCUT2D eigenvalue weighted by molar-refractivity contribution is 5.76. The molecule has 3 nitrogen and oxygen atoms in total. The van der Waals surface area contributed by atoms with E-state index in [1.165, 1.54) is 19.3 Å². The maximum Gasteiger partial charge on any atom is 0.323 e. The van der Waals surface area contributed by atoms with Crippen LogP contribution in [0.4, 0.5) is 0 Å². The SMILES string of the molecule is CCOC(=O)C1CC2(CCN1)CC2. The zero-order chi connectivity index (χ0) is 9.31. The van der Waals surface area contributed by atoms with Gasteiger partial charge in [-0.1, -0.05) is 0 Å². The molecule has 1 spiro atoms. The molecule has 2 rings (SSSR count). The second-order valence-electron chi connectivity index (χ2n) is 4.21. The summed E-state index contributed by atoms with van der Waals surface area (Å²) in [6.45, 7) is 3.32. The van der Waals surface area contributed by atoms with Crippen molar-refractivity contribution in [3.05, 3.63) is 0 Å². The Kier molecular flexibility index (Phi) is 2.28. The summed E-state index contributed by atoms with van der Waals surface area (Å²) >= 11 is 0. The third-order valence-electron chi connectivity index (χ3n) is 3.21. The van der Waals surface area contributed by atoms with Crippen molar-refractivity contribution in [2.45, 2.75) is 38.6 Å². The molecule has 0 aromatic carbocycles. The molecule has 1 heterocycles. The zero-order valence-electron chi connectivity index (χ0n) is 8.14. The van der Waals surface area contributed by atoms with Crippen LogP contribution >= 0.6 is 0 Å². The van der Waals surface area contributed by atoms with Gasteiger partial charge in [0.15, 0.2) is 0 Å². The lowest BCUT2D eigenvalue weighted by molar-refractivity contribution is -0.146. The molecule has 0 radical (unpaired) electrons. The van der Waals surface area contributed by atoms with E-state index in [1.807, 2.05) is 6.92 Å². The summed E-state index contributed by atoms with van der Waals surface area (Å²) in [6, 6.07) is -0.0313. The van der Waals surface area contributed by atoms with Gasteiger partial charge in [0.25, 0.3) is 0 Å². The number of esters is 1. The lowest BCUT2D eigenvalue weighted by Gasteiger charge is -2.28. The van der Waals surface area contributed by atoms with Crippen LogP contribution in [0.5, 0.6) is 0 Å². The molecule has 0 aromatic heterocycles. The largest absolute Gasteiger partial charge is 0.465 e. The predicted molar refractivity (Wildman–Crippen MR) is 49.3 cm³/mol. The molecule has 1 unspecified atom stereocenters. The summed E-state index contributed by atoms with van der Waals surface area (Å²) in [5.41, 5.74) is 0.517. The third-order valence-corrected chi connectivity index (χ3v) is 3.21. The van der Waals surface area contributed by atoms with Crippen LogP contribution in [0.2, 0.25) is 0 Å². The van der Waals surface area contributed by atoms with Crippen molar-refractivity contribution in [2.75, 3.05) is 13.2 Å². The van der Waals surface area contributed by atoms with Gasteiger partial charge in [0.05, 0.1) is 6.61 Å². The second-order valence-corrected chi connectivity index (χ2v) is 4.21. The van der Waals surface area contributed by atoms with E-state index in [9.17, 15) is 4.79 Å². The molecule has 1 saturated carbocycles. The Labute approximate surface area is 78.8 Å². The number of hydrogen-bond acceptors (Lipinski definition) is 3. The van der Waals surface area contributed by atoms with Gasteiger partial charge in [-0.3, -0.25) is 4.79 Å². The molecule has 74 valence electrons. The van der Waals surface area contributed by atoms with E-state index < -0.39 is 0 Å². The Hall–Kier alpha value is -0.570. The Balaban J connectivity index is 1.88. The fraction of sp³-hybridized carbons (Fsp3) is 0.900. The van der Waals surface area contributed by atoms with Gasteiger partial charge in [0.2, 0.25) is 0 Å². The Bertz CT molecular complexity index is 211. The summed E-state index contributed by atoms with van der Waals surface area (Å²) in [5.74, 6) is -0.0616. The van der Waals surface area contributed by atoms with Crippen molar-refractivity contribution in [1.29, 1.82) is 0 Å². The van der Waals surface area contributed by atoms with Crippen molar-refractivity contribution in [2.24, 2.45) is 5.41 Å². The van der Waals surface area contributed by atoms with Crippen molar-refractivity contribution >= 4 is 5.97 Å². The molecule has 13 heavy (non-hydrogen) atoms. The molecule has 0 bridgehead atoms. The van der Waals surface area contributed by atoms with Gasteiger partial charge in [-0.05, 0) is 44.6 Å². The second kappa shape index (κ2) is 3.29. The van der Waals surface area contributed by atoms with Crippen LogP contribution in [0.15, 0.2) is 0 Å². The van der Waals surface area contributed by atoms with Crippen molar-refractivity contribution < 1.29 is 9.53 Å². The van der Waals surface area contributed by atoms with Crippen LogP contribution in [0.1, 0.15) is 32.6 Å². The lowest BCUT2D eigenvalue weighted by Crippen LogP contribution is -2.45. The highest BCUT2D eigenvalue weighted by atomic mass is 16.5. The lowest BCUT2D eigenvalue weighted by atomic mass is 9.89. The van der Waals surface area contributed by atoms with Crippen LogP contribution in [-0.4, -0.2) is 25.2 Å². The molecule has 3 heteroatoms. The van der Waals surface area contributed by atoms with Crippen molar-refractivity contribution in [1.82, 2.24) is 5.32 Å². The number of carbonyl (C=O) groups excluding carboxylic acids is 1. The van der Waals surface area contributed by atoms with E-state index in [0.717, 1.165) is 13.0 Å². The first-order valence-corrected chi connectivity index (χ1v) is 5.16. The third kappa shape index (κ3) is 1.85. The first-order valence-electron chi connectivity index (χ1n) is 5.16. The van der Waals surface area contributed by atoms with Gasteiger partial charge in [-0.15, -0.1) is 0 Å². The van der Waals surface area contributed by atoms with E-state index in [4.69, 9.17) is 4.74 Å². The topological polar surface area (TPSA) is 38.3 Å². The number of carbonyl (C=O) groups is 1. The highest BCUT2D eigenvalue weighted by Gasteiger charge is 2.47. The van der Waals surface area contributed by atoms with Crippen molar-refractivity contribution in [3.8, 4) is 0 Å². The first-order chi connectivity index (χ1) is 6.26. The van der Waals surface area contributed by atoms with E-state index >= 15 is 0 Å². The monoisotopic (exact) mass is 183 g/mol. The fourth-order valence-corrected chi connectivity index (χ4v) is 2.16. The smallest absolute Gasteiger partial charge is 0.323 e. The van der Waals surface area contributed by atoms with Gasteiger partial charge in [-0.2, -0.15) is 0 Å². The van der Waals surface area contributed by atoms with Gasteiger partial charge in [0.1, 0.15) is 6.04 Å². The van der Waals surface area contributed by atoms with Gasteiger partial charge < -0.3 is 10.1 Å². The van der Waals surface area contributed by atoms with Crippen LogP contribution in [-0.2, 0) is 9.53 Å². The van der Waals surface area contributed by atoms with Gasteiger partial charge in [-0.25, -0.2) is 0 Å². The Morgan fingerprint density at radius 2 is 2.31 bits per heavy atom. The summed E-state index contributed by atoms with van der Waals surface area (Å²) in [4.78, 5) is 11.4. The number of nitrogens with one attached hydrogen (secondary N) is 1. The molecule has 0 aromatic rings. The minimum absolute atomic E-state index is 0.0313. The molecule has 1 saturated heterocycles. The molecule has 1 aliphatic carbocycles. The van der Waals surface area contributed by atoms with E-state index in [1.54, 1.807) is 0 Å². The predicted octanol–water partition coefficient (Wildman–Crippen LogP) is 1.08. The molecule has 1 atom stereocenters. The molecule has 1 N–H and O–H groups in total. The molecular weight excluding hydrogens is 166 g/mol. The molecule has 0 amide bonds. The minimum atomic E-state index is -0.0616. The fourth-order valence-electron chi connectivity index (χ4n) is 2.16. The van der Waals surface area contributed by atoms with Gasteiger partial charge in [0, 0.05) is 0 Å². The van der Waals surface area contributed by atoms with E-state index in [2.05, 4.69) is 5.32 Å². The number of hydrogen-bond donors (Lipinski definition) is 1. The maximum atomic E-state index is 11.4. The number of ether oxygens (including phenoxy) is 1. The molecule has 2 fully saturated rings. The minimum Gasteiger partial charge on any atom is -0.465 e. The molecular formula is C10H17NO2. The molecule has 1 aliphatic heterocycles. The van der Waals surface area contributed by atoms with Crippen molar-refractivity contribution in [3.63, 3.8) is 0 Å². The Morgan fingerprint density at radius 1 is 1.54 bits per heavy atom. The first kappa shape index (κ1) is 9.00. The zero-order valence-corrected chi connectivity index (χ0v) is 8.14. The summed E-state index contributed by atoms with van der Waals surface area (Å²) in [7, 11) is 0. The average Bonchev–Trinajstić information content (AvgIpc) is 2.85. The quantitative estimate of drug-likeness (QED) is 0.651. The summed E-state index contributed by atoms with van der Waals surface area (Å²) < 4.78 is 5.00. The van der Waals surface area contributed by atoms with E-state index in [0.29, 0.717) is 12.0 Å².